The Morgan fingerprint density at radius 1 is 1.26 bits per heavy atom. The van der Waals surface area contributed by atoms with Crippen molar-refractivity contribution in [2.75, 3.05) is 0 Å². The van der Waals surface area contributed by atoms with Crippen LogP contribution >= 0.6 is 0 Å². The highest BCUT2D eigenvalue weighted by Gasteiger charge is 2.20. The van der Waals surface area contributed by atoms with Crippen molar-refractivity contribution >= 4 is 5.97 Å². The summed E-state index contributed by atoms with van der Waals surface area (Å²) in [6, 6.07) is 8.40. The molecular formula is C16H23NO2. The molecule has 104 valence electrons. The standard InChI is InChI=1S/C16H23NO2/c1-12-6-2-5-9-15(12)17-11-14-8-4-3-7-13(14)10-16(18)19/h3-4,7-8,12,15,17H,2,5-6,9-11H2,1H3,(H,18,19). The first-order chi connectivity index (χ1) is 9.16. The predicted molar refractivity (Wildman–Crippen MR) is 76.0 cm³/mol. The molecule has 2 unspecified atom stereocenters. The lowest BCUT2D eigenvalue weighted by Gasteiger charge is -2.30. The van der Waals surface area contributed by atoms with Gasteiger partial charge in [0.05, 0.1) is 6.42 Å². The third kappa shape index (κ3) is 4.06. The van der Waals surface area contributed by atoms with E-state index < -0.39 is 5.97 Å². The van der Waals surface area contributed by atoms with Crippen LogP contribution in [0.2, 0.25) is 0 Å². The Kier molecular flexibility index (Phi) is 4.97. The quantitative estimate of drug-likeness (QED) is 0.856. The SMILES string of the molecule is CC1CCCCC1NCc1ccccc1CC(=O)O. The van der Waals surface area contributed by atoms with Crippen LogP contribution in [-0.4, -0.2) is 17.1 Å². The molecule has 1 aromatic rings. The molecule has 0 radical (unpaired) electrons. The van der Waals surface area contributed by atoms with Gasteiger partial charge in [-0.2, -0.15) is 0 Å². The molecule has 0 spiro atoms. The first-order valence-corrected chi connectivity index (χ1v) is 7.19. The van der Waals surface area contributed by atoms with Gasteiger partial charge in [-0.1, -0.05) is 44.0 Å². The van der Waals surface area contributed by atoms with Gasteiger partial charge >= 0.3 is 5.97 Å². The van der Waals surface area contributed by atoms with Crippen LogP contribution in [0.1, 0.15) is 43.7 Å². The van der Waals surface area contributed by atoms with Gasteiger partial charge in [0.15, 0.2) is 0 Å². The molecule has 1 aliphatic rings. The van der Waals surface area contributed by atoms with E-state index in [-0.39, 0.29) is 6.42 Å². The Morgan fingerprint density at radius 2 is 1.95 bits per heavy atom. The summed E-state index contributed by atoms with van der Waals surface area (Å²) in [7, 11) is 0. The van der Waals surface area contributed by atoms with E-state index in [1.807, 2.05) is 24.3 Å². The molecule has 0 bridgehead atoms. The third-order valence-electron chi connectivity index (χ3n) is 4.13. The summed E-state index contributed by atoms with van der Waals surface area (Å²) in [5.74, 6) is -0.0427. The molecular weight excluding hydrogens is 238 g/mol. The second-order valence-corrected chi connectivity index (χ2v) is 5.59. The maximum absolute atomic E-state index is 10.9. The van der Waals surface area contributed by atoms with Crippen LogP contribution in [0.4, 0.5) is 0 Å². The molecule has 19 heavy (non-hydrogen) atoms. The minimum atomic E-state index is -0.765. The summed E-state index contributed by atoms with van der Waals surface area (Å²) in [6.07, 6.45) is 5.29. The predicted octanol–water partition coefficient (Wildman–Crippen LogP) is 2.98. The number of aliphatic carboxylic acids is 1. The van der Waals surface area contributed by atoms with Gasteiger partial charge in [-0.25, -0.2) is 0 Å². The summed E-state index contributed by atoms with van der Waals surface area (Å²) in [5, 5.41) is 12.5. The van der Waals surface area contributed by atoms with Crippen LogP contribution < -0.4 is 5.32 Å². The summed E-state index contributed by atoms with van der Waals surface area (Å²) in [6.45, 7) is 3.08. The van der Waals surface area contributed by atoms with Crippen molar-refractivity contribution in [2.24, 2.45) is 5.92 Å². The number of hydrogen-bond donors (Lipinski definition) is 2. The lowest BCUT2D eigenvalue weighted by Crippen LogP contribution is -2.36. The molecule has 1 saturated carbocycles. The van der Waals surface area contributed by atoms with Gasteiger partial charge in [-0.3, -0.25) is 4.79 Å². The van der Waals surface area contributed by atoms with E-state index >= 15 is 0 Å². The lowest BCUT2D eigenvalue weighted by molar-refractivity contribution is -0.136. The second-order valence-electron chi connectivity index (χ2n) is 5.59. The zero-order chi connectivity index (χ0) is 13.7. The number of carbonyl (C=O) groups is 1. The first kappa shape index (κ1) is 14.1. The van der Waals surface area contributed by atoms with Crippen LogP contribution in [0.3, 0.4) is 0 Å². The highest BCUT2D eigenvalue weighted by atomic mass is 16.4. The smallest absolute Gasteiger partial charge is 0.307 e. The Morgan fingerprint density at radius 3 is 2.63 bits per heavy atom. The number of carboxylic acids is 1. The van der Waals surface area contributed by atoms with Gasteiger partial charge in [0.1, 0.15) is 0 Å². The van der Waals surface area contributed by atoms with Gasteiger partial charge in [0, 0.05) is 12.6 Å². The van der Waals surface area contributed by atoms with Crippen molar-refractivity contribution in [1.29, 1.82) is 0 Å². The molecule has 0 saturated heterocycles. The molecule has 1 fully saturated rings. The Bertz CT molecular complexity index is 431. The van der Waals surface area contributed by atoms with Crippen molar-refractivity contribution < 1.29 is 9.90 Å². The van der Waals surface area contributed by atoms with E-state index in [0.717, 1.165) is 23.6 Å². The lowest BCUT2D eigenvalue weighted by atomic mass is 9.86. The van der Waals surface area contributed by atoms with Gasteiger partial charge in [0.25, 0.3) is 0 Å². The average Bonchev–Trinajstić information content (AvgIpc) is 2.39. The van der Waals surface area contributed by atoms with Crippen molar-refractivity contribution in [3.8, 4) is 0 Å². The average molecular weight is 261 g/mol. The summed E-state index contributed by atoms with van der Waals surface area (Å²) >= 11 is 0. The Hall–Kier alpha value is -1.35. The van der Waals surface area contributed by atoms with Crippen LogP contribution in [-0.2, 0) is 17.8 Å². The van der Waals surface area contributed by atoms with E-state index in [4.69, 9.17) is 5.11 Å². The van der Waals surface area contributed by atoms with Gasteiger partial charge in [-0.15, -0.1) is 0 Å². The highest BCUT2D eigenvalue weighted by molar-refractivity contribution is 5.70. The summed E-state index contributed by atoms with van der Waals surface area (Å²) in [5.41, 5.74) is 2.04. The van der Waals surface area contributed by atoms with E-state index in [2.05, 4.69) is 12.2 Å². The number of carboxylic acid groups (broad SMARTS) is 1. The van der Waals surface area contributed by atoms with E-state index in [1.165, 1.54) is 25.7 Å². The molecule has 1 aromatic carbocycles. The van der Waals surface area contributed by atoms with Gasteiger partial charge in [-0.05, 0) is 29.9 Å². The monoisotopic (exact) mass is 261 g/mol. The fourth-order valence-electron chi connectivity index (χ4n) is 2.93. The van der Waals surface area contributed by atoms with Gasteiger partial charge in [0.2, 0.25) is 0 Å². The van der Waals surface area contributed by atoms with Crippen LogP contribution in [0.25, 0.3) is 0 Å². The Labute approximate surface area is 115 Å². The molecule has 0 aliphatic heterocycles. The number of nitrogens with one attached hydrogen (secondary N) is 1. The number of hydrogen-bond acceptors (Lipinski definition) is 2. The zero-order valence-electron chi connectivity index (χ0n) is 11.6. The third-order valence-corrected chi connectivity index (χ3v) is 4.13. The molecule has 0 aromatic heterocycles. The Balaban J connectivity index is 1.96. The van der Waals surface area contributed by atoms with Crippen LogP contribution in [0.5, 0.6) is 0 Å². The van der Waals surface area contributed by atoms with Crippen molar-refractivity contribution in [2.45, 2.75) is 51.6 Å². The second kappa shape index (κ2) is 6.71. The molecule has 0 amide bonds. The zero-order valence-corrected chi connectivity index (χ0v) is 11.6. The van der Waals surface area contributed by atoms with Crippen molar-refractivity contribution in [3.63, 3.8) is 0 Å². The van der Waals surface area contributed by atoms with Gasteiger partial charge < -0.3 is 10.4 Å². The molecule has 3 nitrogen and oxygen atoms in total. The van der Waals surface area contributed by atoms with E-state index in [9.17, 15) is 4.79 Å². The maximum atomic E-state index is 10.9. The normalized spacial score (nSPS) is 23.2. The topological polar surface area (TPSA) is 49.3 Å². The van der Waals surface area contributed by atoms with Crippen molar-refractivity contribution in [3.05, 3.63) is 35.4 Å². The minimum Gasteiger partial charge on any atom is -0.481 e. The number of rotatable bonds is 5. The molecule has 2 N–H and O–H groups in total. The van der Waals surface area contributed by atoms with Crippen LogP contribution in [0.15, 0.2) is 24.3 Å². The largest absolute Gasteiger partial charge is 0.481 e. The van der Waals surface area contributed by atoms with Crippen molar-refractivity contribution in [1.82, 2.24) is 5.32 Å². The summed E-state index contributed by atoms with van der Waals surface area (Å²) < 4.78 is 0. The fourth-order valence-corrected chi connectivity index (χ4v) is 2.93. The summed E-state index contributed by atoms with van der Waals surface area (Å²) in [4.78, 5) is 10.9. The first-order valence-electron chi connectivity index (χ1n) is 7.19. The minimum absolute atomic E-state index is 0.109. The molecule has 1 aliphatic carbocycles. The molecule has 2 atom stereocenters. The maximum Gasteiger partial charge on any atom is 0.307 e. The molecule has 3 heteroatoms. The fraction of sp³-hybridized carbons (Fsp3) is 0.562. The van der Waals surface area contributed by atoms with E-state index in [1.54, 1.807) is 0 Å². The van der Waals surface area contributed by atoms with E-state index in [0.29, 0.717) is 6.04 Å². The van der Waals surface area contributed by atoms with Crippen LogP contribution in [0, 0.1) is 5.92 Å². The highest BCUT2D eigenvalue weighted by Crippen LogP contribution is 2.24. The molecule has 2 rings (SSSR count). The number of benzene rings is 1. The molecule has 0 heterocycles.